The van der Waals surface area contributed by atoms with Crippen LogP contribution in [0.3, 0.4) is 0 Å². The fourth-order valence-electron chi connectivity index (χ4n) is 5.22. The number of fused-ring (bicyclic) bond motifs is 1. The van der Waals surface area contributed by atoms with E-state index in [1.165, 1.54) is 17.8 Å². The highest BCUT2D eigenvalue weighted by molar-refractivity contribution is 5.94. The molecule has 0 spiro atoms. The van der Waals surface area contributed by atoms with E-state index in [-0.39, 0.29) is 24.9 Å². The number of esters is 1. The van der Waals surface area contributed by atoms with Gasteiger partial charge in [-0.25, -0.2) is 19.0 Å². The van der Waals surface area contributed by atoms with Crippen molar-refractivity contribution >= 4 is 34.6 Å². The van der Waals surface area contributed by atoms with E-state index < -0.39 is 11.8 Å². The molecule has 6 rings (SSSR count). The van der Waals surface area contributed by atoms with Crippen LogP contribution < -0.4 is 9.64 Å². The number of imidazole rings is 1. The molecular formula is C32H31FN6O4. The molecule has 0 N–H and O–H groups in total. The first-order valence-electron chi connectivity index (χ1n) is 14.4. The zero-order chi connectivity index (χ0) is 29.8. The minimum Gasteiger partial charge on any atom is -0.471 e. The average molecular weight is 583 g/mol. The predicted molar refractivity (Wildman–Crippen MR) is 158 cm³/mol. The second kappa shape index (κ2) is 12.6. The van der Waals surface area contributed by atoms with Gasteiger partial charge in [0.25, 0.3) is 0 Å². The van der Waals surface area contributed by atoms with Crippen LogP contribution in [-0.2, 0) is 22.6 Å². The Morgan fingerprint density at radius 3 is 2.72 bits per heavy atom. The first-order valence-corrected chi connectivity index (χ1v) is 14.4. The van der Waals surface area contributed by atoms with Crippen molar-refractivity contribution in [1.82, 2.24) is 19.5 Å². The summed E-state index contributed by atoms with van der Waals surface area (Å²) in [5, 5.41) is 0. The van der Waals surface area contributed by atoms with Gasteiger partial charge in [0.05, 0.1) is 42.6 Å². The minimum absolute atomic E-state index is 0.0171. The van der Waals surface area contributed by atoms with E-state index in [4.69, 9.17) is 25.8 Å². The third kappa shape index (κ3) is 6.20. The number of nitrogens with zero attached hydrogens (tertiary/aromatic N) is 6. The maximum atomic E-state index is 15.7. The summed E-state index contributed by atoms with van der Waals surface area (Å²) in [6.45, 7) is 11.8. The summed E-state index contributed by atoms with van der Waals surface area (Å²) < 4.78 is 34.1. The van der Waals surface area contributed by atoms with Gasteiger partial charge in [-0.3, -0.25) is 4.98 Å². The van der Waals surface area contributed by atoms with Gasteiger partial charge in [-0.1, -0.05) is 17.7 Å². The van der Waals surface area contributed by atoms with Crippen molar-refractivity contribution < 1.29 is 23.4 Å². The van der Waals surface area contributed by atoms with Gasteiger partial charge in [-0.15, -0.1) is 0 Å². The Labute approximate surface area is 248 Å². The monoisotopic (exact) mass is 582 g/mol. The highest BCUT2D eigenvalue weighted by Gasteiger charge is 2.26. The van der Waals surface area contributed by atoms with Gasteiger partial charge < -0.3 is 23.7 Å². The number of anilines is 1. The third-order valence-electron chi connectivity index (χ3n) is 7.63. The Balaban J connectivity index is 1.17. The largest absolute Gasteiger partial charge is 0.471 e. The lowest BCUT2D eigenvalue weighted by atomic mass is 10.0. The first kappa shape index (κ1) is 28.3. The molecule has 0 amide bonds. The van der Waals surface area contributed by atoms with Gasteiger partial charge >= 0.3 is 5.97 Å². The van der Waals surface area contributed by atoms with Gasteiger partial charge in [0.15, 0.2) is 5.82 Å². The molecule has 1 atom stereocenters. The highest BCUT2D eigenvalue weighted by atomic mass is 19.1. The van der Waals surface area contributed by atoms with Crippen LogP contribution in [0.2, 0.25) is 0 Å². The highest BCUT2D eigenvalue weighted by Crippen LogP contribution is 2.29. The number of hydrogen-bond acceptors (Lipinski definition) is 8. The Kier molecular flexibility index (Phi) is 8.29. The molecule has 5 heterocycles. The topological polar surface area (TPSA) is 96.0 Å². The smallest absolute Gasteiger partial charge is 0.341 e. The van der Waals surface area contributed by atoms with Gasteiger partial charge in [0.1, 0.15) is 23.8 Å². The Hall–Kier alpha value is -4.82. The number of hydrogen-bond donors (Lipinski definition) is 0. The lowest BCUT2D eigenvalue weighted by molar-refractivity contribution is -0.0588. The molecule has 0 radical (unpaired) electrons. The molecule has 1 aromatic carbocycles. The van der Waals surface area contributed by atoms with Crippen molar-refractivity contribution in [3.63, 3.8) is 0 Å². The summed E-state index contributed by atoms with van der Waals surface area (Å²) in [5.74, 6) is 0.686. The maximum absolute atomic E-state index is 15.7. The van der Waals surface area contributed by atoms with Crippen LogP contribution in [0, 0.1) is 12.4 Å². The van der Waals surface area contributed by atoms with Crippen LogP contribution >= 0.6 is 0 Å². The molecule has 11 heteroatoms. The van der Waals surface area contributed by atoms with Crippen LogP contribution in [0.4, 0.5) is 15.9 Å². The summed E-state index contributed by atoms with van der Waals surface area (Å²) in [4.78, 5) is 31.6. The van der Waals surface area contributed by atoms with E-state index >= 15 is 4.39 Å². The van der Waals surface area contributed by atoms with Crippen molar-refractivity contribution in [2.24, 2.45) is 0 Å². The van der Waals surface area contributed by atoms with Gasteiger partial charge in [0.2, 0.25) is 11.6 Å². The SMILES string of the molecule is [C-]#[N+]c1ccc(COc2cccc(N3CCC(=Cc4nc5ccc(C(=O)OCC)c(F)c5n4C[C@@H]4CCO4)CC3)n2)nc1. The Morgan fingerprint density at radius 1 is 1.19 bits per heavy atom. The van der Waals surface area contributed by atoms with E-state index in [1.807, 2.05) is 28.8 Å². The van der Waals surface area contributed by atoms with Crippen molar-refractivity contribution in [1.29, 1.82) is 0 Å². The molecule has 43 heavy (non-hydrogen) atoms. The van der Waals surface area contributed by atoms with E-state index in [0.717, 1.165) is 43.9 Å². The number of piperidine rings is 1. The second-order valence-electron chi connectivity index (χ2n) is 10.4. The fraction of sp³-hybridized carbons (Fsp3) is 0.344. The van der Waals surface area contributed by atoms with Crippen molar-refractivity contribution in [2.45, 2.75) is 45.4 Å². The zero-order valence-corrected chi connectivity index (χ0v) is 23.8. The number of halogens is 1. The number of rotatable bonds is 9. The van der Waals surface area contributed by atoms with Gasteiger partial charge in [-0.2, -0.15) is 4.98 Å². The number of ether oxygens (including phenoxy) is 3. The van der Waals surface area contributed by atoms with Crippen LogP contribution in [0.5, 0.6) is 5.88 Å². The van der Waals surface area contributed by atoms with Crippen molar-refractivity contribution in [3.05, 3.63) is 88.6 Å². The molecule has 0 unspecified atom stereocenters. The normalized spacial score (nSPS) is 16.4. The number of benzene rings is 1. The van der Waals surface area contributed by atoms with Gasteiger partial charge in [-0.05, 0) is 56.5 Å². The molecule has 2 aliphatic rings. The number of carbonyl (C=O) groups excluding carboxylic acids is 1. The van der Waals surface area contributed by atoms with Crippen LogP contribution in [0.15, 0.2) is 54.2 Å². The standard InChI is InChI=1S/C32H31FN6O4/c1-3-41-32(40)25-9-10-26-31(30(25)33)39(19-24-13-16-42-24)28(36-26)17-21-11-14-38(15-12-21)27-5-4-6-29(37-27)43-20-23-8-7-22(34-2)18-35-23/h4-10,17-18,24H,3,11-16,19-20H2,1H3/t24-/m0/s1. The predicted octanol–water partition coefficient (Wildman–Crippen LogP) is 5.74. The molecule has 0 saturated carbocycles. The lowest BCUT2D eigenvalue weighted by Crippen LogP contribution is -2.32. The van der Waals surface area contributed by atoms with E-state index in [0.29, 0.717) is 41.6 Å². The molecule has 220 valence electrons. The van der Waals surface area contributed by atoms with E-state index in [1.54, 1.807) is 25.1 Å². The van der Waals surface area contributed by atoms with Gasteiger partial charge in [0, 0.05) is 32.0 Å². The zero-order valence-electron chi connectivity index (χ0n) is 23.8. The van der Waals surface area contributed by atoms with Crippen LogP contribution in [0.25, 0.3) is 22.0 Å². The Bertz CT molecular complexity index is 1700. The summed E-state index contributed by atoms with van der Waals surface area (Å²) in [5.41, 5.74) is 3.11. The maximum Gasteiger partial charge on any atom is 0.341 e. The molecule has 2 saturated heterocycles. The summed E-state index contributed by atoms with van der Waals surface area (Å²) in [6, 6.07) is 12.3. The minimum atomic E-state index is -0.683. The molecule has 4 aromatic rings. The molecule has 2 aliphatic heterocycles. The average Bonchev–Trinajstić information content (AvgIpc) is 3.36. The number of carbonyl (C=O) groups is 1. The molecule has 0 bridgehead atoms. The van der Waals surface area contributed by atoms with Crippen LogP contribution in [0.1, 0.15) is 48.1 Å². The summed E-state index contributed by atoms with van der Waals surface area (Å²) in [7, 11) is 0. The van der Waals surface area contributed by atoms with E-state index in [9.17, 15) is 4.79 Å². The summed E-state index contributed by atoms with van der Waals surface area (Å²) >= 11 is 0. The third-order valence-corrected chi connectivity index (χ3v) is 7.63. The van der Waals surface area contributed by atoms with Crippen molar-refractivity contribution in [2.75, 3.05) is 31.2 Å². The molecule has 10 nitrogen and oxygen atoms in total. The Morgan fingerprint density at radius 2 is 2.02 bits per heavy atom. The van der Waals surface area contributed by atoms with E-state index in [2.05, 4.69) is 19.7 Å². The second-order valence-corrected chi connectivity index (χ2v) is 10.4. The van der Waals surface area contributed by atoms with Crippen molar-refractivity contribution in [3.8, 4) is 5.88 Å². The molecule has 2 fully saturated rings. The van der Waals surface area contributed by atoms with Crippen LogP contribution in [-0.4, -0.2) is 57.9 Å². The first-order chi connectivity index (χ1) is 21.0. The molecule has 0 aliphatic carbocycles. The fourth-order valence-corrected chi connectivity index (χ4v) is 5.22. The molecular weight excluding hydrogens is 551 g/mol. The quantitative estimate of drug-likeness (QED) is 0.182. The number of pyridine rings is 2. The number of aromatic nitrogens is 4. The molecule has 3 aromatic heterocycles. The lowest BCUT2D eigenvalue weighted by Gasteiger charge is -2.30. The summed E-state index contributed by atoms with van der Waals surface area (Å²) in [6.07, 6.45) is 6.04.